The second kappa shape index (κ2) is 6.48. The van der Waals surface area contributed by atoms with Gasteiger partial charge < -0.3 is 14.7 Å². The fourth-order valence-electron chi connectivity index (χ4n) is 2.67. The van der Waals surface area contributed by atoms with Gasteiger partial charge in [-0.05, 0) is 43.9 Å². The lowest BCUT2D eigenvalue weighted by Crippen LogP contribution is -2.40. The molecular formula is C17H23NO4. The Balaban J connectivity index is 2.09. The molecule has 5 heteroatoms. The van der Waals surface area contributed by atoms with Crippen LogP contribution in [0.3, 0.4) is 0 Å². The quantitative estimate of drug-likeness (QED) is 0.842. The monoisotopic (exact) mass is 305 g/mol. The van der Waals surface area contributed by atoms with Crippen molar-refractivity contribution in [2.24, 2.45) is 5.41 Å². The summed E-state index contributed by atoms with van der Waals surface area (Å²) in [6.07, 6.45) is 1.35. The van der Waals surface area contributed by atoms with Gasteiger partial charge in [-0.15, -0.1) is 0 Å². The van der Waals surface area contributed by atoms with Gasteiger partial charge in [0.05, 0.1) is 19.1 Å². The van der Waals surface area contributed by atoms with E-state index < -0.39 is 5.41 Å². The molecule has 0 aromatic heterocycles. The third kappa shape index (κ3) is 3.30. The molecule has 0 atom stereocenters. The molecule has 1 aliphatic heterocycles. The van der Waals surface area contributed by atoms with Crippen molar-refractivity contribution in [2.45, 2.75) is 33.3 Å². The molecule has 1 heterocycles. The number of ether oxygens (including phenoxy) is 1. The lowest BCUT2D eigenvalue weighted by molar-refractivity contribution is -0.151. The minimum Gasteiger partial charge on any atom is -0.469 e. The molecule has 0 saturated heterocycles. The molecular weight excluding hydrogens is 282 g/mol. The number of esters is 1. The van der Waals surface area contributed by atoms with E-state index in [0.717, 1.165) is 17.5 Å². The van der Waals surface area contributed by atoms with Crippen molar-refractivity contribution in [1.82, 2.24) is 4.90 Å². The summed E-state index contributed by atoms with van der Waals surface area (Å²) < 4.78 is 4.80. The lowest BCUT2D eigenvalue weighted by Gasteiger charge is -2.31. The maximum absolute atomic E-state index is 12.6. The minimum absolute atomic E-state index is 0.0304. The zero-order valence-electron chi connectivity index (χ0n) is 13.4. The average Bonchev–Trinajstić information content (AvgIpc) is 2.53. The van der Waals surface area contributed by atoms with Gasteiger partial charge in [-0.2, -0.15) is 0 Å². The number of methoxy groups -OCH3 is 1. The van der Waals surface area contributed by atoms with Crippen LogP contribution in [0.5, 0.6) is 0 Å². The molecule has 0 bridgehead atoms. The van der Waals surface area contributed by atoms with E-state index in [0.29, 0.717) is 25.1 Å². The minimum atomic E-state index is -0.609. The molecule has 0 saturated carbocycles. The third-order valence-corrected chi connectivity index (χ3v) is 4.27. The van der Waals surface area contributed by atoms with Gasteiger partial charge in [0.15, 0.2) is 0 Å². The van der Waals surface area contributed by atoms with Crippen LogP contribution in [-0.2, 0) is 22.6 Å². The summed E-state index contributed by atoms with van der Waals surface area (Å²) in [6.45, 7) is 4.75. The van der Waals surface area contributed by atoms with Gasteiger partial charge in [0.2, 0.25) is 0 Å². The second-order valence-corrected chi connectivity index (χ2v) is 6.32. The third-order valence-electron chi connectivity index (χ3n) is 4.27. The Morgan fingerprint density at radius 3 is 2.77 bits per heavy atom. The molecule has 1 aromatic carbocycles. The van der Waals surface area contributed by atoms with Crippen LogP contribution < -0.4 is 0 Å². The molecule has 0 aliphatic carbocycles. The summed E-state index contributed by atoms with van der Waals surface area (Å²) in [4.78, 5) is 26.1. The van der Waals surface area contributed by atoms with Crippen LogP contribution in [0.15, 0.2) is 18.2 Å². The van der Waals surface area contributed by atoms with Crippen molar-refractivity contribution >= 4 is 11.9 Å². The largest absolute Gasteiger partial charge is 0.469 e. The van der Waals surface area contributed by atoms with Crippen LogP contribution in [0.2, 0.25) is 0 Å². The van der Waals surface area contributed by atoms with E-state index in [-0.39, 0.29) is 18.5 Å². The summed E-state index contributed by atoms with van der Waals surface area (Å²) in [5.74, 6) is -0.294. The van der Waals surface area contributed by atoms with Crippen LogP contribution in [0.1, 0.15) is 41.8 Å². The van der Waals surface area contributed by atoms with Crippen LogP contribution >= 0.6 is 0 Å². The number of fused-ring (bicyclic) bond motifs is 1. The number of amides is 1. The SMILES string of the molecule is COC(=O)C(C)(C)CCN1CCc2ccc(CO)cc2C1=O. The predicted octanol–water partition coefficient (Wildman–Crippen LogP) is 1.77. The molecule has 1 amide bonds. The van der Waals surface area contributed by atoms with Gasteiger partial charge in [0.1, 0.15) is 0 Å². The summed E-state index contributed by atoms with van der Waals surface area (Å²) in [7, 11) is 1.38. The van der Waals surface area contributed by atoms with Crippen molar-refractivity contribution in [3.05, 3.63) is 34.9 Å². The first-order valence-electron chi connectivity index (χ1n) is 7.49. The highest BCUT2D eigenvalue weighted by Gasteiger charge is 2.31. The van der Waals surface area contributed by atoms with Crippen molar-refractivity contribution in [3.63, 3.8) is 0 Å². The molecule has 1 aromatic rings. The number of aliphatic hydroxyl groups is 1. The number of nitrogens with zero attached hydrogens (tertiary/aromatic N) is 1. The van der Waals surface area contributed by atoms with E-state index in [9.17, 15) is 14.7 Å². The molecule has 0 spiro atoms. The van der Waals surface area contributed by atoms with Gasteiger partial charge >= 0.3 is 5.97 Å². The highest BCUT2D eigenvalue weighted by molar-refractivity contribution is 5.97. The number of aliphatic hydroxyl groups excluding tert-OH is 1. The molecule has 2 rings (SSSR count). The van der Waals surface area contributed by atoms with Crippen LogP contribution in [0.4, 0.5) is 0 Å². The van der Waals surface area contributed by atoms with Gasteiger partial charge in [0.25, 0.3) is 5.91 Å². The van der Waals surface area contributed by atoms with Crippen molar-refractivity contribution in [1.29, 1.82) is 0 Å². The lowest BCUT2D eigenvalue weighted by atomic mass is 9.88. The summed E-state index contributed by atoms with van der Waals surface area (Å²) >= 11 is 0. The van der Waals surface area contributed by atoms with Crippen LogP contribution in [-0.4, -0.2) is 42.1 Å². The predicted molar refractivity (Wildman–Crippen MR) is 82.4 cm³/mol. The fraction of sp³-hybridized carbons (Fsp3) is 0.529. The fourth-order valence-corrected chi connectivity index (χ4v) is 2.67. The second-order valence-electron chi connectivity index (χ2n) is 6.32. The molecule has 22 heavy (non-hydrogen) atoms. The van der Waals surface area contributed by atoms with Crippen LogP contribution in [0, 0.1) is 5.41 Å². The molecule has 5 nitrogen and oxygen atoms in total. The number of hydrogen-bond donors (Lipinski definition) is 1. The molecule has 0 radical (unpaired) electrons. The zero-order chi connectivity index (χ0) is 16.3. The zero-order valence-corrected chi connectivity index (χ0v) is 13.4. The Bertz CT molecular complexity index is 580. The van der Waals surface area contributed by atoms with Crippen molar-refractivity contribution < 1.29 is 19.4 Å². The molecule has 0 fully saturated rings. The van der Waals surface area contributed by atoms with Gasteiger partial charge in [-0.3, -0.25) is 9.59 Å². The molecule has 0 unspecified atom stereocenters. The molecule has 1 N–H and O–H groups in total. The normalized spacial score (nSPS) is 14.7. The van der Waals surface area contributed by atoms with E-state index in [1.54, 1.807) is 11.0 Å². The number of carbonyl (C=O) groups is 2. The van der Waals surface area contributed by atoms with Crippen molar-refractivity contribution in [3.8, 4) is 0 Å². The molecule has 1 aliphatic rings. The van der Waals surface area contributed by atoms with E-state index in [1.807, 2.05) is 26.0 Å². The summed E-state index contributed by atoms with van der Waals surface area (Å²) in [6, 6.07) is 5.52. The van der Waals surface area contributed by atoms with E-state index in [1.165, 1.54) is 7.11 Å². The first-order chi connectivity index (χ1) is 10.4. The smallest absolute Gasteiger partial charge is 0.311 e. The summed E-state index contributed by atoms with van der Waals surface area (Å²) in [5.41, 5.74) is 1.81. The van der Waals surface area contributed by atoms with E-state index in [4.69, 9.17) is 4.74 Å². The van der Waals surface area contributed by atoms with Crippen molar-refractivity contribution in [2.75, 3.05) is 20.2 Å². The molecule has 120 valence electrons. The highest BCUT2D eigenvalue weighted by Crippen LogP contribution is 2.25. The Morgan fingerprint density at radius 1 is 1.41 bits per heavy atom. The Labute approximate surface area is 130 Å². The van der Waals surface area contributed by atoms with Gasteiger partial charge in [0, 0.05) is 18.7 Å². The maximum Gasteiger partial charge on any atom is 0.311 e. The van der Waals surface area contributed by atoms with Crippen LogP contribution in [0.25, 0.3) is 0 Å². The van der Waals surface area contributed by atoms with E-state index >= 15 is 0 Å². The first kappa shape index (κ1) is 16.5. The van der Waals surface area contributed by atoms with Gasteiger partial charge in [-0.25, -0.2) is 0 Å². The Morgan fingerprint density at radius 2 is 2.14 bits per heavy atom. The highest BCUT2D eigenvalue weighted by atomic mass is 16.5. The topological polar surface area (TPSA) is 66.8 Å². The maximum atomic E-state index is 12.6. The standard InChI is InChI=1S/C17H23NO4/c1-17(2,16(21)22-3)7-9-18-8-6-13-5-4-12(11-19)10-14(13)15(18)20/h4-5,10,19H,6-9,11H2,1-3H3. The Kier molecular flexibility index (Phi) is 4.86. The first-order valence-corrected chi connectivity index (χ1v) is 7.49. The number of benzene rings is 1. The summed E-state index contributed by atoms with van der Waals surface area (Å²) in [5, 5.41) is 9.21. The number of hydrogen-bond acceptors (Lipinski definition) is 4. The Hall–Kier alpha value is -1.88. The van der Waals surface area contributed by atoms with E-state index in [2.05, 4.69) is 0 Å². The average molecular weight is 305 g/mol. The number of rotatable bonds is 5. The number of carbonyl (C=O) groups excluding carboxylic acids is 2. The van der Waals surface area contributed by atoms with Gasteiger partial charge in [-0.1, -0.05) is 12.1 Å².